The van der Waals surface area contributed by atoms with Crippen LogP contribution in [-0.2, 0) is 20.3 Å². The third-order valence-corrected chi connectivity index (χ3v) is 6.88. The topological polar surface area (TPSA) is 81.9 Å². The number of rotatable bonds is 7. The van der Waals surface area contributed by atoms with E-state index in [9.17, 15) is 18.0 Å². The maximum absolute atomic E-state index is 12.8. The lowest BCUT2D eigenvalue weighted by molar-refractivity contribution is 0.0529. The average molecular weight is 448 g/mol. The smallest absolute Gasteiger partial charge is 0.340 e. The zero-order valence-electron chi connectivity index (χ0n) is 17.4. The van der Waals surface area contributed by atoms with Gasteiger partial charge in [0.05, 0.1) is 34.0 Å². The molecular formula is C25H21NO5S. The second kappa shape index (κ2) is 8.80. The fourth-order valence-electron chi connectivity index (χ4n) is 3.76. The number of esters is 1. The van der Waals surface area contributed by atoms with Gasteiger partial charge in [0.2, 0.25) is 0 Å². The standard InChI is InChI=1S/C25H21NO5S/c1-2-31-25(28)24-21-10-6-7-15-26(21)22(16-27)23(24)19-11-13-20(14-12-19)32(29,30)17-18-8-4-3-5-9-18/h3-16H,2,17H2,1H3. The Kier molecular flexibility index (Phi) is 5.92. The number of carbonyl (C=O) groups excluding carboxylic acids is 2. The molecule has 4 rings (SSSR count). The Morgan fingerprint density at radius 2 is 1.66 bits per heavy atom. The van der Waals surface area contributed by atoms with E-state index in [-0.39, 0.29) is 22.8 Å². The number of pyridine rings is 1. The van der Waals surface area contributed by atoms with Gasteiger partial charge in [-0.15, -0.1) is 0 Å². The predicted molar refractivity (Wildman–Crippen MR) is 122 cm³/mol. The minimum atomic E-state index is -3.55. The lowest BCUT2D eigenvalue weighted by Crippen LogP contribution is -2.06. The fourth-order valence-corrected chi connectivity index (χ4v) is 5.11. The molecule has 0 radical (unpaired) electrons. The van der Waals surface area contributed by atoms with Crippen molar-refractivity contribution in [2.24, 2.45) is 0 Å². The number of sulfone groups is 1. The first kappa shape index (κ1) is 21.5. The van der Waals surface area contributed by atoms with Crippen LogP contribution >= 0.6 is 0 Å². The van der Waals surface area contributed by atoms with Crippen molar-refractivity contribution in [2.75, 3.05) is 6.61 Å². The molecule has 2 aromatic carbocycles. The highest BCUT2D eigenvalue weighted by atomic mass is 32.2. The highest BCUT2D eigenvalue weighted by Crippen LogP contribution is 2.34. The van der Waals surface area contributed by atoms with E-state index in [0.29, 0.717) is 34.2 Å². The summed E-state index contributed by atoms with van der Waals surface area (Å²) in [5.74, 6) is -0.656. The molecule has 0 unspecified atom stereocenters. The van der Waals surface area contributed by atoms with E-state index >= 15 is 0 Å². The summed E-state index contributed by atoms with van der Waals surface area (Å²) in [6, 6.07) is 20.5. The van der Waals surface area contributed by atoms with Gasteiger partial charge in [0, 0.05) is 11.8 Å². The van der Waals surface area contributed by atoms with Gasteiger partial charge in [-0.2, -0.15) is 0 Å². The van der Waals surface area contributed by atoms with E-state index < -0.39 is 15.8 Å². The highest BCUT2D eigenvalue weighted by molar-refractivity contribution is 7.90. The number of aromatic nitrogens is 1. The number of aldehydes is 1. The molecule has 0 spiro atoms. The number of fused-ring (bicyclic) bond motifs is 1. The van der Waals surface area contributed by atoms with Crippen molar-refractivity contribution in [3.8, 4) is 11.1 Å². The molecular weight excluding hydrogens is 426 g/mol. The van der Waals surface area contributed by atoms with Gasteiger partial charge in [0.25, 0.3) is 0 Å². The molecule has 6 nitrogen and oxygen atoms in total. The van der Waals surface area contributed by atoms with E-state index in [0.717, 1.165) is 0 Å². The molecule has 0 N–H and O–H groups in total. The summed E-state index contributed by atoms with van der Waals surface area (Å²) in [4.78, 5) is 24.9. The molecule has 0 aliphatic carbocycles. The van der Waals surface area contributed by atoms with Crippen molar-refractivity contribution in [3.63, 3.8) is 0 Å². The van der Waals surface area contributed by atoms with Crippen LogP contribution in [0.1, 0.15) is 33.3 Å². The monoisotopic (exact) mass is 447 g/mol. The van der Waals surface area contributed by atoms with Crippen LogP contribution in [0.3, 0.4) is 0 Å². The maximum atomic E-state index is 12.8. The summed E-state index contributed by atoms with van der Waals surface area (Å²) in [6.45, 7) is 1.90. The number of ether oxygens (including phenoxy) is 1. The number of carbonyl (C=O) groups is 2. The van der Waals surface area contributed by atoms with Gasteiger partial charge in [-0.25, -0.2) is 13.2 Å². The summed E-state index contributed by atoms with van der Waals surface area (Å²) in [5.41, 5.74) is 2.78. The van der Waals surface area contributed by atoms with Gasteiger partial charge in [0.15, 0.2) is 16.1 Å². The maximum Gasteiger partial charge on any atom is 0.340 e. The third kappa shape index (κ3) is 3.94. The van der Waals surface area contributed by atoms with Crippen LogP contribution in [-0.4, -0.2) is 31.7 Å². The van der Waals surface area contributed by atoms with Crippen LogP contribution in [0.25, 0.3) is 16.6 Å². The van der Waals surface area contributed by atoms with Crippen LogP contribution in [0.15, 0.2) is 83.9 Å². The van der Waals surface area contributed by atoms with Gasteiger partial charge >= 0.3 is 5.97 Å². The van der Waals surface area contributed by atoms with Crippen molar-refractivity contribution in [1.29, 1.82) is 0 Å². The van der Waals surface area contributed by atoms with Gasteiger partial charge in [0.1, 0.15) is 0 Å². The molecule has 0 aliphatic rings. The molecule has 162 valence electrons. The summed E-state index contributed by atoms with van der Waals surface area (Å²) in [5, 5.41) is 0. The normalized spacial score (nSPS) is 11.4. The second-order valence-corrected chi connectivity index (χ2v) is 9.19. The SMILES string of the molecule is CCOC(=O)c1c(-c2ccc(S(=O)(=O)Cc3ccccc3)cc2)c(C=O)n2ccccc12. The molecule has 0 aliphatic heterocycles. The van der Waals surface area contributed by atoms with Crippen molar-refractivity contribution >= 4 is 27.6 Å². The zero-order chi connectivity index (χ0) is 22.7. The minimum Gasteiger partial charge on any atom is -0.462 e. The first-order valence-electron chi connectivity index (χ1n) is 10.1. The van der Waals surface area contributed by atoms with Crippen LogP contribution in [0.5, 0.6) is 0 Å². The van der Waals surface area contributed by atoms with Crippen molar-refractivity contribution < 1.29 is 22.7 Å². The summed E-state index contributed by atoms with van der Waals surface area (Å²) >= 11 is 0. The molecule has 0 amide bonds. The molecule has 2 heterocycles. The lowest BCUT2D eigenvalue weighted by atomic mass is 10.0. The van der Waals surface area contributed by atoms with Gasteiger partial charge in [-0.05, 0) is 42.3 Å². The molecule has 0 atom stereocenters. The predicted octanol–water partition coefficient (Wildman–Crippen LogP) is 4.57. The molecule has 2 aromatic heterocycles. The molecule has 0 saturated carbocycles. The Morgan fingerprint density at radius 3 is 2.31 bits per heavy atom. The molecule has 0 saturated heterocycles. The minimum absolute atomic E-state index is 0.114. The summed E-state index contributed by atoms with van der Waals surface area (Å²) in [7, 11) is -3.55. The summed E-state index contributed by atoms with van der Waals surface area (Å²) < 4.78 is 32.5. The van der Waals surface area contributed by atoms with Crippen LogP contribution < -0.4 is 0 Å². The van der Waals surface area contributed by atoms with Crippen LogP contribution in [0.2, 0.25) is 0 Å². The Bertz CT molecular complexity index is 1390. The van der Waals surface area contributed by atoms with Crippen LogP contribution in [0, 0.1) is 0 Å². The second-order valence-electron chi connectivity index (χ2n) is 7.20. The van der Waals surface area contributed by atoms with Crippen molar-refractivity contribution in [2.45, 2.75) is 17.6 Å². The quantitative estimate of drug-likeness (QED) is 0.306. The fraction of sp³-hybridized carbons (Fsp3) is 0.120. The first-order valence-corrected chi connectivity index (χ1v) is 11.7. The molecule has 7 heteroatoms. The van der Waals surface area contributed by atoms with Crippen molar-refractivity contribution in [3.05, 3.63) is 95.8 Å². The lowest BCUT2D eigenvalue weighted by Gasteiger charge is -2.08. The number of nitrogens with zero attached hydrogens (tertiary/aromatic N) is 1. The Labute approximate surface area is 186 Å². The molecule has 32 heavy (non-hydrogen) atoms. The molecule has 4 aromatic rings. The first-order chi connectivity index (χ1) is 15.5. The van der Waals surface area contributed by atoms with Gasteiger partial charge in [-0.3, -0.25) is 4.79 Å². The van der Waals surface area contributed by atoms with E-state index in [1.807, 2.05) is 6.07 Å². The highest BCUT2D eigenvalue weighted by Gasteiger charge is 2.25. The summed E-state index contributed by atoms with van der Waals surface area (Å²) in [6.07, 6.45) is 2.38. The number of hydrogen-bond donors (Lipinski definition) is 0. The zero-order valence-corrected chi connectivity index (χ0v) is 18.2. The molecule has 0 fully saturated rings. The van der Waals surface area contributed by atoms with Gasteiger partial charge in [-0.1, -0.05) is 48.5 Å². The van der Waals surface area contributed by atoms with E-state index in [4.69, 9.17) is 4.74 Å². The third-order valence-electron chi connectivity index (χ3n) is 5.17. The van der Waals surface area contributed by atoms with E-state index in [1.165, 1.54) is 12.1 Å². The Hall–Kier alpha value is -3.71. The Balaban J connectivity index is 1.81. The van der Waals surface area contributed by atoms with Crippen molar-refractivity contribution in [1.82, 2.24) is 4.40 Å². The van der Waals surface area contributed by atoms with E-state index in [1.54, 1.807) is 72.1 Å². The average Bonchev–Trinajstić information content (AvgIpc) is 3.14. The largest absolute Gasteiger partial charge is 0.462 e. The van der Waals surface area contributed by atoms with Crippen LogP contribution in [0.4, 0.5) is 0 Å². The van der Waals surface area contributed by atoms with Gasteiger partial charge < -0.3 is 9.14 Å². The van der Waals surface area contributed by atoms with E-state index in [2.05, 4.69) is 0 Å². The Morgan fingerprint density at radius 1 is 0.969 bits per heavy atom. The number of benzene rings is 2. The molecule has 0 bridgehead atoms. The number of hydrogen-bond acceptors (Lipinski definition) is 5.